The SMILES string of the molecule is CC(=O)N[C@@H](C)COc1ccc(-c2ccc(Oc3cccc(OCC4CC4)c3)cc2)cc1. The highest BCUT2D eigenvalue weighted by molar-refractivity contribution is 5.73. The zero-order chi connectivity index (χ0) is 22.3. The summed E-state index contributed by atoms with van der Waals surface area (Å²) in [5.41, 5.74) is 2.19. The van der Waals surface area contributed by atoms with Crippen molar-refractivity contribution in [1.29, 1.82) is 0 Å². The maximum atomic E-state index is 11.1. The van der Waals surface area contributed by atoms with E-state index in [0.717, 1.165) is 46.6 Å². The predicted molar refractivity (Wildman–Crippen MR) is 125 cm³/mol. The third-order valence-electron chi connectivity index (χ3n) is 5.22. The molecule has 0 aliphatic heterocycles. The molecule has 0 bridgehead atoms. The summed E-state index contributed by atoms with van der Waals surface area (Å²) in [5.74, 6) is 3.83. The molecular weight excluding hydrogens is 402 g/mol. The molecule has 1 amide bonds. The van der Waals surface area contributed by atoms with Crippen LogP contribution in [0.15, 0.2) is 72.8 Å². The van der Waals surface area contributed by atoms with Crippen LogP contribution in [-0.4, -0.2) is 25.2 Å². The molecule has 32 heavy (non-hydrogen) atoms. The van der Waals surface area contributed by atoms with Gasteiger partial charge in [-0.15, -0.1) is 0 Å². The summed E-state index contributed by atoms with van der Waals surface area (Å²) in [6.07, 6.45) is 2.55. The lowest BCUT2D eigenvalue weighted by atomic mass is 10.1. The first kappa shape index (κ1) is 21.8. The minimum atomic E-state index is -0.0570. The second kappa shape index (κ2) is 10.2. The number of nitrogens with one attached hydrogen (secondary N) is 1. The molecule has 5 nitrogen and oxygen atoms in total. The van der Waals surface area contributed by atoms with E-state index in [2.05, 4.69) is 5.32 Å². The van der Waals surface area contributed by atoms with Gasteiger partial charge in [0.1, 0.15) is 29.6 Å². The molecule has 3 aromatic carbocycles. The summed E-state index contributed by atoms with van der Waals surface area (Å²) >= 11 is 0. The molecule has 0 heterocycles. The third-order valence-corrected chi connectivity index (χ3v) is 5.22. The molecule has 5 heteroatoms. The molecule has 1 fully saturated rings. The number of amides is 1. The molecular formula is C27H29NO4. The molecule has 0 spiro atoms. The normalized spacial score (nSPS) is 13.8. The van der Waals surface area contributed by atoms with Crippen molar-refractivity contribution in [3.05, 3.63) is 72.8 Å². The van der Waals surface area contributed by atoms with Crippen molar-refractivity contribution in [3.63, 3.8) is 0 Å². The Kier molecular flexibility index (Phi) is 6.95. The average Bonchev–Trinajstić information content (AvgIpc) is 3.62. The standard InChI is InChI=1S/C27H29NO4/c1-19(28-20(2)29)17-30-24-12-8-22(9-13-24)23-10-14-25(15-11-23)32-27-5-3-4-26(16-27)31-18-21-6-7-21/h3-5,8-16,19,21H,6-7,17-18H2,1-2H3,(H,28,29)/t19-/m0/s1. The van der Waals surface area contributed by atoms with Gasteiger partial charge in [0.2, 0.25) is 5.91 Å². The largest absolute Gasteiger partial charge is 0.493 e. The Balaban J connectivity index is 1.32. The number of rotatable bonds is 10. The van der Waals surface area contributed by atoms with Crippen LogP contribution in [0.1, 0.15) is 26.7 Å². The second-order valence-electron chi connectivity index (χ2n) is 8.29. The van der Waals surface area contributed by atoms with Crippen molar-refractivity contribution in [2.45, 2.75) is 32.7 Å². The van der Waals surface area contributed by atoms with Gasteiger partial charge < -0.3 is 19.5 Å². The molecule has 0 saturated heterocycles. The fraction of sp³-hybridized carbons (Fsp3) is 0.296. The van der Waals surface area contributed by atoms with Gasteiger partial charge in [-0.3, -0.25) is 4.79 Å². The predicted octanol–water partition coefficient (Wildman–Crippen LogP) is 5.84. The summed E-state index contributed by atoms with van der Waals surface area (Å²) in [7, 11) is 0. The molecule has 1 saturated carbocycles. The van der Waals surface area contributed by atoms with Crippen molar-refractivity contribution in [1.82, 2.24) is 5.32 Å². The van der Waals surface area contributed by atoms with Crippen molar-refractivity contribution in [2.24, 2.45) is 5.92 Å². The first-order valence-corrected chi connectivity index (χ1v) is 11.1. The van der Waals surface area contributed by atoms with Gasteiger partial charge in [0.05, 0.1) is 12.6 Å². The van der Waals surface area contributed by atoms with E-state index in [1.807, 2.05) is 79.7 Å². The number of ether oxygens (including phenoxy) is 3. The first-order chi connectivity index (χ1) is 15.5. The van der Waals surface area contributed by atoms with Crippen LogP contribution in [0.2, 0.25) is 0 Å². The quantitative estimate of drug-likeness (QED) is 0.438. The Labute approximate surface area is 189 Å². The van der Waals surface area contributed by atoms with Gasteiger partial charge >= 0.3 is 0 Å². The monoisotopic (exact) mass is 431 g/mol. The minimum Gasteiger partial charge on any atom is -0.493 e. The van der Waals surface area contributed by atoms with E-state index in [9.17, 15) is 4.79 Å². The van der Waals surface area contributed by atoms with E-state index in [4.69, 9.17) is 14.2 Å². The van der Waals surface area contributed by atoms with Gasteiger partial charge in [-0.25, -0.2) is 0 Å². The number of benzene rings is 3. The molecule has 1 aliphatic rings. The summed E-state index contributed by atoms with van der Waals surface area (Å²) in [6.45, 7) is 4.63. The maximum Gasteiger partial charge on any atom is 0.217 e. The molecule has 0 unspecified atom stereocenters. The van der Waals surface area contributed by atoms with E-state index in [0.29, 0.717) is 6.61 Å². The second-order valence-corrected chi connectivity index (χ2v) is 8.29. The molecule has 1 aliphatic carbocycles. The van der Waals surface area contributed by atoms with Crippen LogP contribution in [0, 0.1) is 5.92 Å². The van der Waals surface area contributed by atoms with Crippen LogP contribution in [0.4, 0.5) is 0 Å². The van der Waals surface area contributed by atoms with Gasteiger partial charge in [0.15, 0.2) is 0 Å². The van der Waals surface area contributed by atoms with Crippen LogP contribution < -0.4 is 19.5 Å². The number of hydrogen-bond acceptors (Lipinski definition) is 4. The molecule has 0 radical (unpaired) electrons. The third kappa shape index (κ3) is 6.51. The van der Waals surface area contributed by atoms with Crippen molar-refractivity contribution >= 4 is 5.91 Å². The van der Waals surface area contributed by atoms with Gasteiger partial charge in [0, 0.05) is 13.0 Å². The van der Waals surface area contributed by atoms with E-state index in [-0.39, 0.29) is 11.9 Å². The summed E-state index contributed by atoms with van der Waals surface area (Å²) in [5, 5.41) is 2.81. The summed E-state index contributed by atoms with van der Waals surface area (Å²) in [4.78, 5) is 11.1. The van der Waals surface area contributed by atoms with E-state index < -0.39 is 0 Å². The fourth-order valence-corrected chi connectivity index (χ4v) is 3.33. The smallest absolute Gasteiger partial charge is 0.217 e. The van der Waals surface area contributed by atoms with Crippen molar-refractivity contribution in [3.8, 4) is 34.1 Å². The van der Waals surface area contributed by atoms with E-state index in [1.54, 1.807) is 0 Å². The lowest BCUT2D eigenvalue weighted by Crippen LogP contribution is -2.35. The Hall–Kier alpha value is -3.47. The molecule has 1 N–H and O–H groups in total. The summed E-state index contributed by atoms with van der Waals surface area (Å²) < 4.78 is 17.6. The van der Waals surface area contributed by atoms with Gasteiger partial charge in [-0.1, -0.05) is 30.3 Å². The molecule has 1 atom stereocenters. The molecule has 0 aromatic heterocycles. The van der Waals surface area contributed by atoms with Crippen molar-refractivity contribution < 1.29 is 19.0 Å². The molecule has 3 aromatic rings. The Morgan fingerprint density at radius 2 is 1.50 bits per heavy atom. The maximum absolute atomic E-state index is 11.1. The minimum absolute atomic E-state index is 0.0369. The van der Waals surface area contributed by atoms with Crippen LogP contribution in [0.25, 0.3) is 11.1 Å². The molecule has 4 rings (SSSR count). The zero-order valence-corrected chi connectivity index (χ0v) is 18.5. The topological polar surface area (TPSA) is 56.8 Å². The van der Waals surface area contributed by atoms with E-state index >= 15 is 0 Å². The average molecular weight is 432 g/mol. The van der Waals surface area contributed by atoms with Crippen LogP contribution in [0.5, 0.6) is 23.0 Å². The number of carbonyl (C=O) groups excluding carboxylic acids is 1. The van der Waals surface area contributed by atoms with Crippen LogP contribution >= 0.6 is 0 Å². The highest BCUT2D eigenvalue weighted by atomic mass is 16.5. The lowest BCUT2D eigenvalue weighted by Gasteiger charge is -2.14. The Bertz CT molecular complexity index is 1030. The van der Waals surface area contributed by atoms with E-state index in [1.165, 1.54) is 19.8 Å². The first-order valence-electron chi connectivity index (χ1n) is 11.1. The van der Waals surface area contributed by atoms with Gasteiger partial charge in [-0.05, 0) is 73.2 Å². The van der Waals surface area contributed by atoms with Crippen LogP contribution in [0.3, 0.4) is 0 Å². The van der Waals surface area contributed by atoms with Crippen molar-refractivity contribution in [2.75, 3.05) is 13.2 Å². The molecule has 166 valence electrons. The zero-order valence-electron chi connectivity index (χ0n) is 18.5. The highest BCUT2D eigenvalue weighted by Gasteiger charge is 2.21. The van der Waals surface area contributed by atoms with Gasteiger partial charge in [-0.2, -0.15) is 0 Å². The van der Waals surface area contributed by atoms with Gasteiger partial charge in [0.25, 0.3) is 0 Å². The fourth-order valence-electron chi connectivity index (χ4n) is 3.33. The number of carbonyl (C=O) groups is 1. The lowest BCUT2D eigenvalue weighted by molar-refractivity contribution is -0.119. The number of hydrogen-bond donors (Lipinski definition) is 1. The van der Waals surface area contributed by atoms with Crippen LogP contribution in [-0.2, 0) is 4.79 Å². The summed E-state index contributed by atoms with van der Waals surface area (Å²) in [6, 6.07) is 23.7. The Morgan fingerprint density at radius 1 is 0.875 bits per heavy atom. The Morgan fingerprint density at radius 3 is 2.12 bits per heavy atom. The highest BCUT2D eigenvalue weighted by Crippen LogP contribution is 2.31.